The van der Waals surface area contributed by atoms with E-state index in [1.54, 1.807) is 12.1 Å². The van der Waals surface area contributed by atoms with Gasteiger partial charge in [0, 0.05) is 27.6 Å². The van der Waals surface area contributed by atoms with Crippen LogP contribution >= 0.6 is 15.9 Å². The maximum Gasteiger partial charge on any atom is 0.241 e. The molecule has 1 heterocycles. The molecule has 0 atom stereocenters. The largest absolute Gasteiger partial charge is 0.344 e. The number of halogens is 1. The molecule has 21 heavy (non-hydrogen) atoms. The standard InChI is InChI=1S/C15H19BrN2O2S/c1-15(2,3)17-21(19,20)12-8-10-6-7-18(11-4-5-11)14(10)13(16)9-12/h6-9,11,17H,4-5H2,1-3H3. The van der Waals surface area contributed by atoms with Crippen molar-refractivity contribution in [3.8, 4) is 0 Å². The summed E-state index contributed by atoms with van der Waals surface area (Å²) in [5, 5.41) is 0.950. The summed E-state index contributed by atoms with van der Waals surface area (Å²) in [5.74, 6) is 0. The monoisotopic (exact) mass is 370 g/mol. The third-order valence-electron chi connectivity index (χ3n) is 3.43. The molecule has 0 spiro atoms. The molecule has 1 fully saturated rings. The van der Waals surface area contributed by atoms with Gasteiger partial charge >= 0.3 is 0 Å². The Morgan fingerprint density at radius 2 is 1.95 bits per heavy atom. The Morgan fingerprint density at radius 1 is 1.29 bits per heavy atom. The molecule has 0 amide bonds. The smallest absolute Gasteiger partial charge is 0.241 e. The van der Waals surface area contributed by atoms with Gasteiger partial charge in [-0.05, 0) is 67.7 Å². The zero-order valence-electron chi connectivity index (χ0n) is 12.4. The number of nitrogens with zero attached hydrogens (tertiary/aromatic N) is 1. The summed E-state index contributed by atoms with van der Waals surface area (Å²) in [4.78, 5) is 0.297. The number of aromatic nitrogens is 1. The molecule has 6 heteroatoms. The summed E-state index contributed by atoms with van der Waals surface area (Å²) in [6, 6.07) is 5.98. The molecular weight excluding hydrogens is 352 g/mol. The van der Waals surface area contributed by atoms with E-state index in [1.165, 1.54) is 12.8 Å². The topological polar surface area (TPSA) is 51.1 Å². The first-order valence-electron chi connectivity index (χ1n) is 7.01. The van der Waals surface area contributed by atoms with Gasteiger partial charge in [0.1, 0.15) is 0 Å². The quantitative estimate of drug-likeness (QED) is 0.892. The van der Waals surface area contributed by atoms with Crippen LogP contribution in [-0.4, -0.2) is 18.5 Å². The normalized spacial score (nSPS) is 16.6. The third-order valence-corrected chi connectivity index (χ3v) is 5.77. The molecule has 1 aromatic heterocycles. The fourth-order valence-corrected chi connectivity index (χ4v) is 4.81. The fourth-order valence-electron chi connectivity index (χ4n) is 2.50. The van der Waals surface area contributed by atoms with Crippen molar-refractivity contribution in [3.05, 3.63) is 28.9 Å². The van der Waals surface area contributed by atoms with Crippen LogP contribution in [0, 0.1) is 0 Å². The highest BCUT2D eigenvalue weighted by atomic mass is 79.9. The van der Waals surface area contributed by atoms with Gasteiger partial charge in [0.05, 0.1) is 10.4 Å². The van der Waals surface area contributed by atoms with Gasteiger partial charge < -0.3 is 4.57 Å². The Hall–Kier alpha value is -0.850. The lowest BCUT2D eigenvalue weighted by Crippen LogP contribution is -2.40. The first-order chi connectivity index (χ1) is 9.67. The lowest BCUT2D eigenvalue weighted by molar-refractivity contribution is 0.491. The molecule has 1 aliphatic rings. The summed E-state index contributed by atoms with van der Waals surface area (Å²) in [6.45, 7) is 5.51. The molecular formula is C15H19BrN2O2S. The number of benzene rings is 1. The van der Waals surface area contributed by atoms with E-state index < -0.39 is 15.6 Å². The summed E-state index contributed by atoms with van der Waals surface area (Å²) in [6.07, 6.45) is 4.43. The van der Waals surface area contributed by atoms with E-state index in [0.29, 0.717) is 10.9 Å². The van der Waals surface area contributed by atoms with Crippen LogP contribution in [0.3, 0.4) is 0 Å². The van der Waals surface area contributed by atoms with Crippen molar-refractivity contribution in [2.75, 3.05) is 0 Å². The molecule has 1 N–H and O–H groups in total. The molecule has 2 aromatic rings. The zero-order valence-corrected chi connectivity index (χ0v) is 14.8. The first-order valence-corrected chi connectivity index (χ1v) is 9.29. The van der Waals surface area contributed by atoms with Crippen molar-refractivity contribution in [1.29, 1.82) is 0 Å². The van der Waals surface area contributed by atoms with Gasteiger partial charge in [-0.15, -0.1) is 0 Å². The highest BCUT2D eigenvalue weighted by Gasteiger charge is 2.27. The Morgan fingerprint density at radius 3 is 2.52 bits per heavy atom. The van der Waals surface area contributed by atoms with Crippen LogP contribution in [0.25, 0.3) is 10.9 Å². The van der Waals surface area contributed by atoms with Gasteiger partial charge in [0.25, 0.3) is 0 Å². The highest BCUT2D eigenvalue weighted by Crippen LogP contribution is 2.40. The van der Waals surface area contributed by atoms with E-state index >= 15 is 0 Å². The number of fused-ring (bicyclic) bond motifs is 1. The van der Waals surface area contributed by atoms with Crippen LogP contribution in [-0.2, 0) is 10.0 Å². The van der Waals surface area contributed by atoms with E-state index in [1.807, 2.05) is 33.0 Å². The first kappa shape index (κ1) is 15.1. The molecule has 0 unspecified atom stereocenters. The highest BCUT2D eigenvalue weighted by molar-refractivity contribution is 9.10. The van der Waals surface area contributed by atoms with E-state index in [2.05, 4.69) is 25.2 Å². The lowest BCUT2D eigenvalue weighted by Gasteiger charge is -2.20. The lowest BCUT2D eigenvalue weighted by atomic mass is 10.1. The Bertz CT molecular complexity index is 799. The van der Waals surface area contributed by atoms with Crippen LogP contribution in [0.15, 0.2) is 33.8 Å². The average Bonchev–Trinajstić information content (AvgIpc) is 3.06. The molecule has 1 saturated carbocycles. The van der Waals surface area contributed by atoms with Crippen LogP contribution in [0.2, 0.25) is 0 Å². The van der Waals surface area contributed by atoms with Gasteiger partial charge in [0.2, 0.25) is 10.0 Å². The van der Waals surface area contributed by atoms with Gasteiger partial charge in [-0.3, -0.25) is 0 Å². The number of sulfonamides is 1. The van der Waals surface area contributed by atoms with Gasteiger partial charge in [-0.2, -0.15) is 0 Å². The van der Waals surface area contributed by atoms with Crippen molar-refractivity contribution in [2.24, 2.45) is 0 Å². The van der Waals surface area contributed by atoms with Crippen LogP contribution in [0.4, 0.5) is 0 Å². The van der Waals surface area contributed by atoms with E-state index in [4.69, 9.17) is 0 Å². The van der Waals surface area contributed by atoms with E-state index in [9.17, 15) is 8.42 Å². The molecule has 0 bridgehead atoms. The van der Waals surface area contributed by atoms with E-state index in [0.717, 1.165) is 15.4 Å². The molecule has 1 aliphatic carbocycles. The summed E-state index contributed by atoms with van der Waals surface area (Å²) in [7, 11) is -3.52. The van der Waals surface area contributed by atoms with Gasteiger partial charge in [0.15, 0.2) is 0 Å². The third kappa shape index (κ3) is 3.03. The summed E-state index contributed by atoms with van der Waals surface area (Å²) < 4.78 is 30.7. The molecule has 1 aromatic carbocycles. The van der Waals surface area contributed by atoms with Crippen molar-refractivity contribution in [3.63, 3.8) is 0 Å². The Labute approximate surface area is 133 Å². The second-order valence-corrected chi connectivity index (χ2v) is 9.19. The number of nitrogens with one attached hydrogen (secondary N) is 1. The summed E-state index contributed by atoms with van der Waals surface area (Å²) in [5.41, 5.74) is 0.576. The minimum atomic E-state index is -3.52. The van der Waals surface area contributed by atoms with Crippen LogP contribution in [0.1, 0.15) is 39.7 Å². The molecule has 0 saturated heterocycles. The molecule has 4 nitrogen and oxygen atoms in total. The van der Waals surface area contributed by atoms with Crippen LogP contribution < -0.4 is 4.72 Å². The van der Waals surface area contributed by atoms with Crippen LogP contribution in [0.5, 0.6) is 0 Å². The van der Waals surface area contributed by atoms with Crippen molar-refractivity contribution in [2.45, 2.75) is 50.1 Å². The van der Waals surface area contributed by atoms with Gasteiger partial charge in [-0.1, -0.05) is 0 Å². The minimum absolute atomic E-state index is 0.297. The second-order valence-electron chi connectivity index (χ2n) is 6.65. The molecule has 0 radical (unpaired) electrons. The maximum absolute atomic E-state index is 12.5. The van der Waals surface area contributed by atoms with Crippen molar-refractivity contribution in [1.82, 2.24) is 9.29 Å². The number of hydrogen-bond acceptors (Lipinski definition) is 2. The zero-order chi connectivity index (χ0) is 15.4. The molecule has 114 valence electrons. The average molecular weight is 371 g/mol. The van der Waals surface area contributed by atoms with E-state index in [-0.39, 0.29) is 0 Å². The van der Waals surface area contributed by atoms with Crippen molar-refractivity contribution >= 4 is 36.9 Å². The molecule has 0 aliphatic heterocycles. The number of rotatable bonds is 3. The Kier molecular flexibility index (Phi) is 3.46. The summed E-state index contributed by atoms with van der Waals surface area (Å²) >= 11 is 3.53. The predicted octanol–water partition coefficient (Wildman–Crippen LogP) is 3.82. The second kappa shape index (κ2) is 4.83. The molecule has 3 rings (SSSR count). The SMILES string of the molecule is CC(C)(C)NS(=O)(=O)c1cc(Br)c2c(ccn2C2CC2)c1. The Balaban J connectivity index is 2.09. The predicted molar refractivity (Wildman–Crippen MR) is 88.0 cm³/mol. The van der Waals surface area contributed by atoms with Crippen molar-refractivity contribution < 1.29 is 8.42 Å². The number of hydrogen-bond donors (Lipinski definition) is 1. The van der Waals surface area contributed by atoms with Gasteiger partial charge in [-0.25, -0.2) is 13.1 Å². The fraction of sp³-hybridized carbons (Fsp3) is 0.467. The minimum Gasteiger partial charge on any atom is -0.344 e. The maximum atomic E-state index is 12.5.